The van der Waals surface area contributed by atoms with Crippen molar-refractivity contribution in [3.8, 4) is 5.75 Å². The van der Waals surface area contributed by atoms with Gasteiger partial charge in [0.1, 0.15) is 6.10 Å². The first kappa shape index (κ1) is 20.2. The van der Waals surface area contributed by atoms with Crippen LogP contribution in [0.15, 0.2) is 58.2 Å². The monoisotopic (exact) mass is 501 g/mol. The van der Waals surface area contributed by atoms with Crippen molar-refractivity contribution in [3.63, 3.8) is 0 Å². The highest BCUT2D eigenvalue weighted by Crippen LogP contribution is 2.40. The Kier molecular flexibility index (Phi) is 5.07. The Bertz CT molecular complexity index is 1380. The number of halogens is 1. The second kappa shape index (κ2) is 7.77. The molecule has 0 saturated carbocycles. The lowest BCUT2D eigenvalue weighted by atomic mass is 10.1. The van der Waals surface area contributed by atoms with E-state index in [-0.39, 0.29) is 16.8 Å². The van der Waals surface area contributed by atoms with Crippen molar-refractivity contribution in [1.29, 1.82) is 0 Å². The average molecular weight is 502 g/mol. The zero-order chi connectivity index (χ0) is 21.6. The molecule has 8 nitrogen and oxygen atoms in total. The third-order valence-electron chi connectivity index (χ3n) is 5.41. The van der Waals surface area contributed by atoms with Gasteiger partial charge in [-0.15, -0.1) is 0 Å². The third-order valence-corrected chi connectivity index (χ3v) is 7.56. The molecule has 160 valence electrons. The summed E-state index contributed by atoms with van der Waals surface area (Å²) >= 11 is 3.45. The molecule has 0 unspecified atom stereocenters. The SMILES string of the molecule is Nc1ncc2c(c1OC1CCNCC1)c1cc(Br)cnc1n2S(=O)(=O)c1ccccc1. The predicted octanol–water partition coefficient (Wildman–Crippen LogP) is 3.30. The number of benzene rings is 1. The van der Waals surface area contributed by atoms with Gasteiger partial charge in [0.25, 0.3) is 10.0 Å². The molecule has 0 radical (unpaired) electrons. The van der Waals surface area contributed by atoms with E-state index in [2.05, 4.69) is 31.2 Å². The maximum absolute atomic E-state index is 13.6. The summed E-state index contributed by atoms with van der Waals surface area (Å²) in [5, 5.41) is 4.52. The van der Waals surface area contributed by atoms with E-state index in [0.29, 0.717) is 27.7 Å². The van der Waals surface area contributed by atoms with Gasteiger partial charge in [0.05, 0.1) is 22.0 Å². The number of rotatable bonds is 4. The summed E-state index contributed by atoms with van der Waals surface area (Å²) in [7, 11) is -3.93. The van der Waals surface area contributed by atoms with Crippen molar-refractivity contribution in [2.75, 3.05) is 18.8 Å². The van der Waals surface area contributed by atoms with E-state index < -0.39 is 10.0 Å². The highest BCUT2D eigenvalue weighted by Gasteiger charge is 2.28. The fourth-order valence-corrected chi connectivity index (χ4v) is 5.76. The van der Waals surface area contributed by atoms with Crippen molar-refractivity contribution >= 4 is 53.7 Å². The van der Waals surface area contributed by atoms with Gasteiger partial charge >= 0.3 is 0 Å². The second-order valence-electron chi connectivity index (χ2n) is 7.41. The van der Waals surface area contributed by atoms with Crippen LogP contribution in [0.25, 0.3) is 21.9 Å². The maximum Gasteiger partial charge on any atom is 0.269 e. The van der Waals surface area contributed by atoms with Gasteiger partial charge in [-0.1, -0.05) is 18.2 Å². The van der Waals surface area contributed by atoms with Crippen LogP contribution in [0, 0.1) is 0 Å². The van der Waals surface area contributed by atoms with Gasteiger partial charge in [-0.25, -0.2) is 22.4 Å². The Labute approximate surface area is 187 Å². The van der Waals surface area contributed by atoms with Gasteiger partial charge in [-0.05, 0) is 60.1 Å². The molecule has 0 aliphatic carbocycles. The standard InChI is InChI=1S/C21H20BrN5O3S/c22-13-10-16-18-17(12-25-20(23)19(18)30-14-6-8-24-9-7-14)27(21(16)26-11-13)31(28,29)15-4-2-1-3-5-15/h1-5,10-12,14,24H,6-9H2,(H2,23,25). The molecule has 31 heavy (non-hydrogen) atoms. The summed E-state index contributed by atoms with van der Waals surface area (Å²) < 4.78 is 35.4. The van der Waals surface area contributed by atoms with Gasteiger partial charge in [0, 0.05) is 16.1 Å². The highest BCUT2D eigenvalue weighted by atomic mass is 79.9. The molecule has 1 aliphatic rings. The number of anilines is 1. The van der Waals surface area contributed by atoms with Crippen LogP contribution in [0.3, 0.4) is 0 Å². The molecule has 1 saturated heterocycles. The second-order valence-corrected chi connectivity index (χ2v) is 10.1. The van der Waals surface area contributed by atoms with E-state index in [9.17, 15) is 8.42 Å². The van der Waals surface area contributed by atoms with Gasteiger partial charge in [-0.2, -0.15) is 0 Å². The molecular formula is C21H20BrN5O3S. The Balaban J connectivity index is 1.82. The molecule has 1 fully saturated rings. The Morgan fingerprint density at radius 1 is 1.13 bits per heavy atom. The molecule has 3 aromatic heterocycles. The molecule has 0 atom stereocenters. The van der Waals surface area contributed by atoms with E-state index >= 15 is 0 Å². The number of nitrogens with two attached hydrogens (primary N) is 1. The summed E-state index contributed by atoms with van der Waals surface area (Å²) in [5.41, 5.74) is 6.89. The minimum Gasteiger partial charge on any atom is -0.486 e. The van der Waals surface area contributed by atoms with Crippen LogP contribution in [0.1, 0.15) is 12.8 Å². The van der Waals surface area contributed by atoms with Gasteiger partial charge < -0.3 is 15.8 Å². The first-order chi connectivity index (χ1) is 15.0. The number of aromatic nitrogens is 3. The fraction of sp³-hybridized carbons (Fsp3) is 0.238. The average Bonchev–Trinajstić information content (AvgIpc) is 3.11. The number of piperidine rings is 1. The number of nitrogens with zero attached hydrogens (tertiary/aromatic N) is 3. The molecule has 1 aromatic carbocycles. The lowest BCUT2D eigenvalue weighted by Gasteiger charge is -2.24. The normalized spacial score (nSPS) is 15.5. The molecule has 10 heteroatoms. The van der Waals surface area contributed by atoms with E-state index in [4.69, 9.17) is 10.5 Å². The Morgan fingerprint density at radius 2 is 1.87 bits per heavy atom. The molecule has 4 heterocycles. The minimum absolute atomic E-state index is 0.0276. The molecule has 4 aromatic rings. The maximum atomic E-state index is 13.6. The van der Waals surface area contributed by atoms with Gasteiger partial charge in [0.15, 0.2) is 17.2 Å². The first-order valence-electron chi connectivity index (χ1n) is 9.89. The smallest absolute Gasteiger partial charge is 0.269 e. The zero-order valence-electron chi connectivity index (χ0n) is 16.5. The van der Waals surface area contributed by atoms with Crippen molar-refractivity contribution in [1.82, 2.24) is 19.3 Å². The summed E-state index contributed by atoms with van der Waals surface area (Å²) in [6, 6.07) is 10.1. The van der Waals surface area contributed by atoms with Crippen LogP contribution in [0.4, 0.5) is 5.82 Å². The van der Waals surface area contributed by atoms with Gasteiger partial charge in [-0.3, -0.25) is 0 Å². The van der Waals surface area contributed by atoms with Crippen LogP contribution in [0.2, 0.25) is 0 Å². The molecular weight excluding hydrogens is 482 g/mol. The third kappa shape index (κ3) is 3.44. The first-order valence-corrected chi connectivity index (χ1v) is 12.1. The molecule has 0 bridgehead atoms. The van der Waals surface area contributed by atoms with E-state index in [0.717, 1.165) is 30.4 Å². The lowest BCUT2D eigenvalue weighted by molar-refractivity contribution is 0.165. The largest absolute Gasteiger partial charge is 0.486 e. The van der Waals surface area contributed by atoms with Crippen LogP contribution in [0.5, 0.6) is 5.75 Å². The minimum atomic E-state index is -3.93. The fourth-order valence-electron chi connectivity index (χ4n) is 3.94. The predicted molar refractivity (Wildman–Crippen MR) is 123 cm³/mol. The van der Waals surface area contributed by atoms with Crippen molar-refractivity contribution in [2.24, 2.45) is 0 Å². The number of nitrogen functional groups attached to an aromatic ring is 1. The molecule has 0 spiro atoms. The molecule has 3 N–H and O–H groups in total. The van der Waals surface area contributed by atoms with Crippen LogP contribution in [-0.4, -0.2) is 41.6 Å². The number of ether oxygens (including phenoxy) is 1. The number of pyridine rings is 2. The number of hydrogen-bond donors (Lipinski definition) is 2. The summed E-state index contributed by atoms with van der Waals surface area (Å²) in [6.45, 7) is 1.70. The molecule has 5 rings (SSSR count). The van der Waals surface area contributed by atoms with Crippen LogP contribution in [-0.2, 0) is 10.0 Å². The van der Waals surface area contributed by atoms with Crippen molar-refractivity contribution < 1.29 is 13.2 Å². The molecule has 1 aliphatic heterocycles. The topological polar surface area (TPSA) is 112 Å². The quantitative estimate of drug-likeness (QED) is 0.441. The summed E-state index contributed by atoms with van der Waals surface area (Å²) in [5.74, 6) is 0.624. The summed E-state index contributed by atoms with van der Waals surface area (Å²) in [6.07, 6.45) is 4.68. The van der Waals surface area contributed by atoms with Gasteiger partial charge in [0.2, 0.25) is 0 Å². The zero-order valence-corrected chi connectivity index (χ0v) is 18.9. The Morgan fingerprint density at radius 3 is 2.61 bits per heavy atom. The number of nitrogens with one attached hydrogen (secondary N) is 1. The van der Waals surface area contributed by atoms with Crippen LogP contribution < -0.4 is 15.8 Å². The molecule has 0 amide bonds. The van der Waals surface area contributed by atoms with Crippen LogP contribution >= 0.6 is 15.9 Å². The van der Waals surface area contributed by atoms with E-state index in [1.54, 1.807) is 36.5 Å². The highest BCUT2D eigenvalue weighted by molar-refractivity contribution is 9.10. The van der Waals surface area contributed by atoms with Crippen molar-refractivity contribution in [3.05, 3.63) is 53.3 Å². The number of hydrogen-bond acceptors (Lipinski definition) is 7. The lowest BCUT2D eigenvalue weighted by Crippen LogP contribution is -2.34. The van der Waals surface area contributed by atoms with E-state index in [1.165, 1.54) is 10.2 Å². The van der Waals surface area contributed by atoms with Crippen molar-refractivity contribution in [2.45, 2.75) is 23.8 Å². The number of fused-ring (bicyclic) bond motifs is 3. The Hall–Kier alpha value is -2.69. The summed E-state index contributed by atoms with van der Waals surface area (Å²) in [4.78, 5) is 8.86. The van der Waals surface area contributed by atoms with E-state index in [1.807, 2.05) is 6.07 Å².